The molecule has 3 aromatic rings. The van der Waals surface area contributed by atoms with Crippen molar-refractivity contribution >= 4 is 39.1 Å². The molecule has 0 bridgehead atoms. The number of anilines is 1. The summed E-state index contributed by atoms with van der Waals surface area (Å²) in [6.07, 6.45) is 0.831. The molecule has 0 spiro atoms. The third kappa shape index (κ3) is 4.45. The molecule has 170 valence electrons. The van der Waals surface area contributed by atoms with Gasteiger partial charge in [-0.05, 0) is 60.5 Å². The summed E-state index contributed by atoms with van der Waals surface area (Å²) in [7, 11) is 0. The van der Waals surface area contributed by atoms with Gasteiger partial charge in [0.05, 0.1) is 29.9 Å². The van der Waals surface area contributed by atoms with E-state index in [0.717, 1.165) is 10.9 Å². The number of carbonyl (C=O) groups is 2. The van der Waals surface area contributed by atoms with Crippen molar-refractivity contribution in [3.05, 3.63) is 99.5 Å². The van der Waals surface area contributed by atoms with Crippen LogP contribution in [-0.2, 0) is 9.59 Å². The molecule has 1 fully saturated rings. The third-order valence-corrected chi connectivity index (χ3v) is 6.01. The summed E-state index contributed by atoms with van der Waals surface area (Å²) in [6, 6.07) is 21.6. The molecule has 0 aromatic heterocycles. The molecule has 1 aliphatic rings. The molecule has 0 saturated carbocycles. The van der Waals surface area contributed by atoms with Crippen LogP contribution in [0.3, 0.4) is 0 Å². The van der Waals surface area contributed by atoms with Crippen LogP contribution < -0.4 is 9.64 Å². The van der Waals surface area contributed by atoms with E-state index in [1.807, 2.05) is 19.1 Å². The van der Waals surface area contributed by atoms with Crippen LogP contribution in [0.4, 0.5) is 5.69 Å². The molecule has 7 heteroatoms. The minimum atomic E-state index is -0.873. The summed E-state index contributed by atoms with van der Waals surface area (Å²) in [6.45, 7) is 2.53. The van der Waals surface area contributed by atoms with Gasteiger partial charge < -0.3 is 9.84 Å². The predicted molar refractivity (Wildman–Crippen MR) is 132 cm³/mol. The number of halogens is 1. The molecule has 4 rings (SSSR count). The van der Waals surface area contributed by atoms with Gasteiger partial charge in [-0.3, -0.25) is 14.5 Å². The predicted octanol–water partition coefficient (Wildman–Crippen LogP) is 5.74. The first-order valence-electron chi connectivity index (χ1n) is 10.7. The molecule has 1 aliphatic heterocycles. The molecular formula is C27H21BrN2O4. The van der Waals surface area contributed by atoms with Crippen molar-refractivity contribution in [2.75, 3.05) is 11.5 Å². The van der Waals surface area contributed by atoms with Crippen molar-refractivity contribution in [2.45, 2.75) is 19.4 Å². The Morgan fingerprint density at radius 2 is 1.79 bits per heavy atom. The molecular weight excluding hydrogens is 496 g/mol. The second-order valence-corrected chi connectivity index (χ2v) is 8.67. The van der Waals surface area contributed by atoms with Crippen LogP contribution in [0.5, 0.6) is 5.75 Å². The molecule has 1 amide bonds. The maximum Gasteiger partial charge on any atom is 0.300 e. The first kappa shape index (κ1) is 23.3. The Bertz CT molecular complexity index is 1310. The molecule has 0 aliphatic carbocycles. The number of aliphatic hydroxyl groups excluding tert-OH is 1. The number of Topliss-reactive ketones (excluding diaryl/α,β-unsaturated/α-hetero) is 1. The number of nitriles is 1. The highest BCUT2D eigenvalue weighted by atomic mass is 79.9. The number of ether oxygens (including phenoxy) is 1. The highest BCUT2D eigenvalue weighted by Gasteiger charge is 2.47. The fraction of sp³-hybridized carbons (Fsp3) is 0.148. The fourth-order valence-electron chi connectivity index (χ4n) is 3.87. The van der Waals surface area contributed by atoms with Gasteiger partial charge in [0.2, 0.25) is 0 Å². The van der Waals surface area contributed by atoms with Crippen molar-refractivity contribution in [1.29, 1.82) is 5.26 Å². The number of nitrogens with zero attached hydrogens (tertiary/aromatic N) is 2. The third-order valence-electron chi connectivity index (χ3n) is 5.48. The van der Waals surface area contributed by atoms with E-state index in [1.165, 1.54) is 4.90 Å². The minimum absolute atomic E-state index is 0.00989. The number of hydrogen-bond donors (Lipinski definition) is 1. The summed E-state index contributed by atoms with van der Waals surface area (Å²) in [5, 5.41) is 20.3. The Kier molecular flexibility index (Phi) is 6.80. The maximum atomic E-state index is 13.2. The van der Waals surface area contributed by atoms with Crippen LogP contribution >= 0.6 is 15.9 Å². The fourth-order valence-corrected chi connectivity index (χ4v) is 4.13. The van der Waals surface area contributed by atoms with Crippen LogP contribution in [0, 0.1) is 11.3 Å². The van der Waals surface area contributed by atoms with E-state index in [-0.39, 0.29) is 11.3 Å². The van der Waals surface area contributed by atoms with Gasteiger partial charge in [0.15, 0.2) is 0 Å². The van der Waals surface area contributed by atoms with E-state index in [0.29, 0.717) is 34.7 Å². The van der Waals surface area contributed by atoms with Gasteiger partial charge in [-0.2, -0.15) is 5.26 Å². The molecule has 1 unspecified atom stereocenters. The number of ketones is 1. The number of benzene rings is 3. The lowest BCUT2D eigenvalue weighted by molar-refractivity contribution is -0.132. The van der Waals surface area contributed by atoms with Gasteiger partial charge in [-0.25, -0.2) is 0 Å². The zero-order valence-corrected chi connectivity index (χ0v) is 20.0. The molecule has 1 atom stereocenters. The number of aliphatic hydroxyl groups is 1. The van der Waals surface area contributed by atoms with E-state index in [9.17, 15) is 14.7 Å². The average Bonchev–Trinajstić information content (AvgIpc) is 3.13. The lowest BCUT2D eigenvalue weighted by atomic mass is 9.95. The Labute approximate surface area is 205 Å². The van der Waals surface area contributed by atoms with Crippen molar-refractivity contribution in [3.63, 3.8) is 0 Å². The average molecular weight is 517 g/mol. The smallest absolute Gasteiger partial charge is 0.300 e. The van der Waals surface area contributed by atoms with Crippen LogP contribution in [0.15, 0.2) is 82.8 Å². The zero-order chi connectivity index (χ0) is 24.2. The number of hydrogen-bond acceptors (Lipinski definition) is 5. The maximum absolute atomic E-state index is 13.2. The standard InChI is InChI=1S/C27H21BrN2O4/c1-2-14-34-22-5-3-4-19(15-22)24-23(25(31)18-8-10-20(28)11-9-18)26(32)27(33)30(24)21-12-6-17(16-29)7-13-21/h3-13,15,24,31H,2,14H2,1H3/b25-23-. The van der Waals surface area contributed by atoms with Crippen LogP contribution in [0.25, 0.3) is 5.76 Å². The molecule has 1 saturated heterocycles. The summed E-state index contributed by atoms with van der Waals surface area (Å²) in [4.78, 5) is 27.8. The lowest BCUT2D eigenvalue weighted by Gasteiger charge is -2.26. The summed E-state index contributed by atoms with van der Waals surface area (Å²) in [5.74, 6) is -1.19. The largest absolute Gasteiger partial charge is 0.507 e. The van der Waals surface area contributed by atoms with Crippen molar-refractivity contribution in [3.8, 4) is 11.8 Å². The highest BCUT2D eigenvalue weighted by Crippen LogP contribution is 2.43. The monoisotopic (exact) mass is 516 g/mol. The Morgan fingerprint density at radius 3 is 2.44 bits per heavy atom. The van der Waals surface area contributed by atoms with Crippen LogP contribution in [0.2, 0.25) is 0 Å². The van der Waals surface area contributed by atoms with E-state index >= 15 is 0 Å². The summed E-state index contributed by atoms with van der Waals surface area (Å²) < 4.78 is 6.58. The summed E-state index contributed by atoms with van der Waals surface area (Å²) in [5.41, 5.74) is 1.91. The van der Waals surface area contributed by atoms with E-state index in [1.54, 1.807) is 66.7 Å². The molecule has 34 heavy (non-hydrogen) atoms. The first-order valence-corrected chi connectivity index (χ1v) is 11.5. The second-order valence-electron chi connectivity index (χ2n) is 7.76. The molecule has 1 N–H and O–H groups in total. The van der Waals surface area contributed by atoms with E-state index in [4.69, 9.17) is 10.00 Å². The summed E-state index contributed by atoms with van der Waals surface area (Å²) >= 11 is 3.36. The van der Waals surface area contributed by atoms with Crippen LogP contribution in [-0.4, -0.2) is 23.4 Å². The molecule has 6 nitrogen and oxygen atoms in total. The Morgan fingerprint density at radius 1 is 1.09 bits per heavy atom. The minimum Gasteiger partial charge on any atom is -0.507 e. The normalized spacial score (nSPS) is 17.0. The highest BCUT2D eigenvalue weighted by molar-refractivity contribution is 9.10. The number of carbonyl (C=O) groups excluding carboxylic acids is 2. The Balaban J connectivity index is 1.90. The van der Waals surface area contributed by atoms with Gasteiger partial charge in [-0.1, -0.05) is 47.1 Å². The van der Waals surface area contributed by atoms with Gasteiger partial charge in [0.1, 0.15) is 11.5 Å². The van der Waals surface area contributed by atoms with Crippen molar-refractivity contribution < 1.29 is 19.4 Å². The van der Waals surface area contributed by atoms with Gasteiger partial charge >= 0.3 is 0 Å². The van der Waals surface area contributed by atoms with Gasteiger partial charge in [0.25, 0.3) is 11.7 Å². The van der Waals surface area contributed by atoms with Gasteiger partial charge in [-0.15, -0.1) is 0 Å². The SMILES string of the molecule is CCCOc1cccc(C2/C(=C(/O)c3ccc(Br)cc3)C(=O)C(=O)N2c2ccc(C#N)cc2)c1. The Hall–Kier alpha value is -3.89. The van der Waals surface area contributed by atoms with Crippen LogP contribution in [0.1, 0.15) is 36.1 Å². The zero-order valence-electron chi connectivity index (χ0n) is 18.4. The van der Waals surface area contributed by atoms with E-state index in [2.05, 4.69) is 15.9 Å². The molecule has 3 aromatic carbocycles. The lowest BCUT2D eigenvalue weighted by Crippen LogP contribution is -2.29. The van der Waals surface area contributed by atoms with Crippen molar-refractivity contribution in [2.24, 2.45) is 0 Å². The first-order chi connectivity index (χ1) is 16.4. The topological polar surface area (TPSA) is 90.6 Å². The quantitative estimate of drug-likeness (QED) is 0.256. The van der Waals surface area contributed by atoms with Gasteiger partial charge in [0, 0.05) is 15.7 Å². The van der Waals surface area contributed by atoms with E-state index < -0.39 is 17.7 Å². The second kappa shape index (κ2) is 9.94. The number of amides is 1. The molecule has 1 heterocycles. The van der Waals surface area contributed by atoms with Crippen molar-refractivity contribution in [1.82, 2.24) is 0 Å². The number of rotatable bonds is 6. The molecule has 0 radical (unpaired) electrons.